The van der Waals surface area contributed by atoms with Crippen molar-refractivity contribution in [2.75, 3.05) is 5.32 Å². The maximum absolute atomic E-state index is 5.85. The predicted octanol–water partition coefficient (Wildman–Crippen LogP) is 3.74. The Kier molecular flexibility index (Phi) is 3.65. The van der Waals surface area contributed by atoms with Crippen molar-refractivity contribution in [2.45, 2.75) is 6.54 Å². The first-order valence-electron chi connectivity index (χ1n) is 6.25. The third kappa shape index (κ3) is 2.97. The maximum atomic E-state index is 5.85. The lowest BCUT2D eigenvalue weighted by Gasteiger charge is -2.04. The van der Waals surface area contributed by atoms with Crippen molar-refractivity contribution >= 4 is 17.3 Å². The molecule has 0 aliphatic heterocycles. The van der Waals surface area contributed by atoms with Crippen LogP contribution in [0.25, 0.3) is 11.4 Å². The van der Waals surface area contributed by atoms with Crippen molar-refractivity contribution in [3.05, 3.63) is 65.7 Å². The third-order valence-electron chi connectivity index (χ3n) is 2.91. The third-order valence-corrected chi connectivity index (χ3v) is 3.16. The zero-order valence-corrected chi connectivity index (χ0v) is 11.4. The molecule has 20 heavy (non-hydrogen) atoms. The molecule has 0 spiro atoms. The van der Waals surface area contributed by atoms with E-state index >= 15 is 0 Å². The number of H-pyrrole nitrogens is 1. The minimum Gasteiger partial charge on any atom is -0.379 e. The Morgan fingerprint density at radius 2 is 1.80 bits per heavy atom. The highest BCUT2D eigenvalue weighted by molar-refractivity contribution is 6.30. The average molecular weight is 285 g/mol. The van der Waals surface area contributed by atoms with Crippen LogP contribution in [0.2, 0.25) is 5.02 Å². The second kappa shape index (κ2) is 5.75. The zero-order valence-electron chi connectivity index (χ0n) is 10.7. The van der Waals surface area contributed by atoms with Gasteiger partial charge in [0.2, 0.25) is 0 Å². The van der Waals surface area contributed by atoms with E-state index in [0.29, 0.717) is 6.54 Å². The van der Waals surface area contributed by atoms with Crippen LogP contribution in [0, 0.1) is 0 Å². The van der Waals surface area contributed by atoms with Crippen LogP contribution >= 0.6 is 11.6 Å². The van der Waals surface area contributed by atoms with Gasteiger partial charge < -0.3 is 10.3 Å². The van der Waals surface area contributed by atoms with Gasteiger partial charge in [-0.05, 0) is 36.4 Å². The van der Waals surface area contributed by atoms with Gasteiger partial charge in [-0.25, -0.2) is 4.98 Å². The van der Waals surface area contributed by atoms with Crippen LogP contribution in [0.3, 0.4) is 0 Å². The molecular weight excluding hydrogens is 272 g/mol. The molecule has 100 valence electrons. The number of nitrogens with one attached hydrogen (secondary N) is 2. The number of anilines is 1. The van der Waals surface area contributed by atoms with E-state index < -0.39 is 0 Å². The Morgan fingerprint density at radius 1 is 1.05 bits per heavy atom. The molecule has 0 bridgehead atoms. The van der Waals surface area contributed by atoms with Crippen LogP contribution in [0.5, 0.6) is 0 Å². The van der Waals surface area contributed by atoms with Crippen LogP contribution in [-0.4, -0.2) is 15.0 Å². The molecule has 2 aromatic heterocycles. The fourth-order valence-corrected chi connectivity index (χ4v) is 2.00. The molecule has 5 heteroatoms. The molecule has 0 saturated carbocycles. The van der Waals surface area contributed by atoms with E-state index in [2.05, 4.69) is 20.3 Å². The molecule has 0 atom stereocenters. The molecule has 0 aliphatic rings. The molecule has 0 fully saturated rings. The Labute approximate surface area is 121 Å². The van der Waals surface area contributed by atoms with Gasteiger partial charge in [0.15, 0.2) is 0 Å². The summed E-state index contributed by atoms with van der Waals surface area (Å²) in [6, 6.07) is 11.5. The van der Waals surface area contributed by atoms with Crippen LogP contribution < -0.4 is 5.32 Å². The highest BCUT2D eigenvalue weighted by Crippen LogP contribution is 2.16. The van der Waals surface area contributed by atoms with Gasteiger partial charge in [-0.3, -0.25) is 4.98 Å². The molecular formula is C15H13ClN4. The molecule has 0 aliphatic carbocycles. The number of nitrogens with zero attached hydrogens (tertiary/aromatic N) is 2. The van der Waals surface area contributed by atoms with E-state index in [1.165, 1.54) is 0 Å². The van der Waals surface area contributed by atoms with E-state index in [0.717, 1.165) is 27.8 Å². The van der Waals surface area contributed by atoms with Gasteiger partial charge in [0.05, 0.1) is 18.4 Å². The van der Waals surface area contributed by atoms with Gasteiger partial charge in [0, 0.05) is 28.7 Å². The van der Waals surface area contributed by atoms with Crippen LogP contribution in [0.15, 0.2) is 55.0 Å². The number of hydrogen-bond donors (Lipinski definition) is 2. The monoisotopic (exact) mass is 284 g/mol. The topological polar surface area (TPSA) is 53.6 Å². The number of aromatic amines is 1. The lowest BCUT2D eigenvalue weighted by atomic mass is 10.2. The van der Waals surface area contributed by atoms with Crippen molar-refractivity contribution < 1.29 is 0 Å². The first kappa shape index (κ1) is 12.7. The number of benzene rings is 1. The normalized spacial score (nSPS) is 10.4. The summed E-state index contributed by atoms with van der Waals surface area (Å²) in [4.78, 5) is 11.6. The minimum absolute atomic E-state index is 0.680. The van der Waals surface area contributed by atoms with Gasteiger partial charge in [0.25, 0.3) is 0 Å². The van der Waals surface area contributed by atoms with Crippen molar-refractivity contribution in [1.82, 2.24) is 15.0 Å². The fourth-order valence-electron chi connectivity index (χ4n) is 1.87. The minimum atomic E-state index is 0.680. The lowest BCUT2D eigenvalue weighted by Crippen LogP contribution is -1.99. The largest absolute Gasteiger partial charge is 0.379 e. The van der Waals surface area contributed by atoms with Gasteiger partial charge >= 0.3 is 0 Å². The number of imidazole rings is 1. The molecule has 0 unspecified atom stereocenters. The summed E-state index contributed by atoms with van der Waals surface area (Å²) in [5, 5.41) is 4.04. The van der Waals surface area contributed by atoms with Gasteiger partial charge in [-0.1, -0.05) is 11.6 Å². The highest BCUT2D eigenvalue weighted by Gasteiger charge is 2.03. The molecule has 1 aromatic carbocycles. The zero-order chi connectivity index (χ0) is 13.8. The Morgan fingerprint density at radius 3 is 2.55 bits per heavy atom. The molecule has 2 N–H and O–H groups in total. The number of pyridine rings is 1. The van der Waals surface area contributed by atoms with Crippen molar-refractivity contribution in [2.24, 2.45) is 0 Å². The summed E-state index contributed by atoms with van der Waals surface area (Å²) in [7, 11) is 0. The fraction of sp³-hybridized carbons (Fsp3) is 0.0667. The Balaban J connectivity index is 1.67. The van der Waals surface area contributed by atoms with E-state index in [-0.39, 0.29) is 0 Å². The number of rotatable bonds is 4. The summed E-state index contributed by atoms with van der Waals surface area (Å²) in [5.41, 5.74) is 3.07. The van der Waals surface area contributed by atoms with Crippen molar-refractivity contribution in [1.29, 1.82) is 0 Å². The molecule has 2 heterocycles. The summed E-state index contributed by atoms with van der Waals surface area (Å²) in [6.07, 6.45) is 5.34. The van der Waals surface area contributed by atoms with Crippen molar-refractivity contribution in [3.8, 4) is 11.4 Å². The van der Waals surface area contributed by atoms with Gasteiger partial charge in [-0.15, -0.1) is 0 Å². The van der Waals surface area contributed by atoms with E-state index in [1.807, 2.05) is 42.6 Å². The number of hydrogen-bond acceptors (Lipinski definition) is 3. The lowest BCUT2D eigenvalue weighted by molar-refractivity contribution is 1.08. The van der Waals surface area contributed by atoms with E-state index in [9.17, 15) is 0 Å². The molecule has 4 nitrogen and oxygen atoms in total. The highest BCUT2D eigenvalue weighted by atomic mass is 35.5. The SMILES string of the molecule is Clc1ccc(NCc2cnc(-c3ccncc3)[nH]2)cc1. The van der Waals surface area contributed by atoms with Crippen molar-refractivity contribution in [3.63, 3.8) is 0 Å². The smallest absolute Gasteiger partial charge is 0.137 e. The molecule has 3 rings (SSSR count). The predicted molar refractivity (Wildman–Crippen MR) is 80.6 cm³/mol. The Bertz CT molecular complexity index is 677. The van der Waals surface area contributed by atoms with Crippen LogP contribution in [0.1, 0.15) is 5.69 Å². The summed E-state index contributed by atoms with van der Waals surface area (Å²) in [6.45, 7) is 0.680. The van der Waals surface area contributed by atoms with E-state index in [1.54, 1.807) is 12.4 Å². The summed E-state index contributed by atoms with van der Waals surface area (Å²) < 4.78 is 0. The van der Waals surface area contributed by atoms with Gasteiger partial charge in [-0.2, -0.15) is 0 Å². The average Bonchev–Trinajstić information content (AvgIpc) is 2.97. The number of aromatic nitrogens is 3. The summed E-state index contributed by atoms with van der Waals surface area (Å²) >= 11 is 5.85. The Hall–Kier alpha value is -2.33. The van der Waals surface area contributed by atoms with Crippen LogP contribution in [-0.2, 0) is 6.54 Å². The van der Waals surface area contributed by atoms with E-state index in [4.69, 9.17) is 11.6 Å². The van der Waals surface area contributed by atoms with Crippen LogP contribution in [0.4, 0.5) is 5.69 Å². The molecule has 3 aromatic rings. The standard InChI is InChI=1S/C15H13ClN4/c16-12-1-3-13(4-2-12)18-9-14-10-19-15(20-14)11-5-7-17-8-6-11/h1-8,10,18H,9H2,(H,19,20). The second-order valence-electron chi connectivity index (χ2n) is 4.35. The van der Waals surface area contributed by atoms with Gasteiger partial charge in [0.1, 0.15) is 5.82 Å². The summed E-state index contributed by atoms with van der Waals surface area (Å²) in [5.74, 6) is 0.848. The maximum Gasteiger partial charge on any atom is 0.137 e. The molecule has 0 amide bonds. The first-order valence-corrected chi connectivity index (χ1v) is 6.63. The molecule has 0 radical (unpaired) electrons. The number of halogens is 1. The quantitative estimate of drug-likeness (QED) is 0.767. The second-order valence-corrected chi connectivity index (χ2v) is 4.79. The molecule has 0 saturated heterocycles. The first-order chi connectivity index (χ1) is 9.81.